The van der Waals surface area contributed by atoms with Gasteiger partial charge in [-0.3, -0.25) is 9.59 Å². The number of nitrogens with one attached hydrogen (secondary N) is 1. The molecule has 1 heterocycles. The first-order valence-electron chi connectivity index (χ1n) is 10.0. The van der Waals surface area contributed by atoms with E-state index in [4.69, 9.17) is 27.9 Å². The van der Waals surface area contributed by atoms with Crippen molar-refractivity contribution in [3.05, 3.63) is 92.8 Å². The molecule has 2 amide bonds. The van der Waals surface area contributed by atoms with Crippen LogP contribution in [0, 0.1) is 0 Å². The topological polar surface area (TPSA) is 75.7 Å². The van der Waals surface area contributed by atoms with E-state index < -0.39 is 17.8 Å². The molecule has 4 aromatic rings. The summed E-state index contributed by atoms with van der Waals surface area (Å²) in [5.74, 6) is -1.46. The highest BCUT2D eigenvalue weighted by molar-refractivity contribution is 7.21. The van der Waals surface area contributed by atoms with Crippen LogP contribution in [0.15, 0.2) is 66.7 Å². The minimum absolute atomic E-state index is 0.138. The summed E-state index contributed by atoms with van der Waals surface area (Å²) in [6, 6.07) is 18.5. The standard InChI is InChI=1S/C25H18Cl2N2O4S/c1-29(24(31)22-21(27)18-5-3-4-6-20(18)34-22)19-13-14(7-12-17(19)25(32)33-2)23(30)28-16-10-8-15(26)9-11-16/h3-13H,1-2H3,(H,28,30). The van der Waals surface area contributed by atoms with Gasteiger partial charge in [-0.1, -0.05) is 41.4 Å². The van der Waals surface area contributed by atoms with Crippen molar-refractivity contribution in [2.24, 2.45) is 0 Å². The molecule has 0 saturated heterocycles. The van der Waals surface area contributed by atoms with E-state index in [1.54, 1.807) is 24.3 Å². The first kappa shape index (κ1) is 23.8. The van der Waals surface area contributed by atoms with Crippen LogP contribution >= 0.6 is 34.5 Å². The van der Waals surface area contributed by atoms with Gasteiger partial charge in [-0.15, -0.1) is 11.3 Å². The fourth-order valence-electron chi connectivity index (χ4n) is 3.38. The van der Waals surface area contributed by atoms with Crippen LogP contribution in [-0.4, -0.2) is 31.9 Å². The SMILES string of the molecule is COC(=O)c1ccc(C(=O)Nc2ccc(Cl)cc2)cc1N(C)C(=O)c1sc2ccccc2c1Cl. The van der Waals surface area contributed by atoms with Crippen molar-refractivity contribution in [2.75, 3.05) is 24.4 Å². The highest BCUT2D eigenvalue weighted by atomic mass is 35.5. The van der Waals surface area contributed by atoms with Gasteiger partial charge in [0.15, 0.2) is 0 Å². The Labute approximate surface area is 209 Å². The first-order valence-corrected chi connectivity index (χ1v) is 11.6. The van der Waals surface area contributed by atoms with Gasteiger partial charge in [0.1, 0.15) is 4.88 Å². The number of rotatable bonds is 5. The molecule has 0 radical (unpaired) electrons. The summed E-state index contributed by atoms with van der Waals surface area (Å²) >= 11 is 13.6. The van der Waals surface area contributed by atoms with Crippen LogP contribution in [0.2, 0.25) is 10.0 Å². The fourth-order valence-corrected chi connectivity index (χ4v) is 5.00. The highest BCUT2D eigenvalue weighted by Crippen LogP contribution is 2.37. The van der Waals surface area contributed by atoms with Gasteiger partial charge >= 0.3 is 5.97 Å². The van der Waals surface area contributed by atoms with Gasteiger partial charge in [0, 0.05) is 33.4 Å². The maximum Gasteiger partial charge on any atom is 0.339 e. The maximum atomic E-state index is 13.4. The minimum atomic E-state index is -0.637. The quantitative estimate of drug-likeness (QED) is 0.308. The van der Waals surface area contributed by atoms with Gasteiger partial charge in [0.05, 0.1) is 23.4 Å². The van der Waals surface area contributed by atoms with Crippen LogP contribution in [0.1, 0.15) is 30.4 Å². The van der Waals surface area contributed by atoms with E-state index in [1.807, 2.05) is 24.3 Å². The molecule has 0 aliphatic rings. The molecular formula is C25H18Cl2N2O4S. The molecule has 1 N–H and O–H groups in total. The lowest BCUT2D eigenvalue weighted by Gasteiger charge is -2.20. The predicted octanol–water partition coefficient (Wildman–Crippen LogP) is 6.52. The van der Waals surface area contributed by atoms with Crippen LogP contribution < -0.4 is 10.2 Å². The average Bonchev–Trinajstić information content (AvgIpc) is 3.20. The van der Waals surface area contributed by atoms with Crippen molar-refractivity contribution in [3.8, 4) is 0 Å². The second kappa shape index (κ2) is 9.85. The molecule has 0 atom stereocenters. The molecule has 1 aromatic heterocycles. The molecule has 0 fully saturated rings. The van der Waals surface area contributed by atoms with Crippen molar-refractivity contribution in [1.82, 2.24) is 0 Å². The molecule has 172 valence electrons. The van der Waals surface area contributed by atoms with E-state index in [2.05, 4.69) is 5.32 Å². The van der Waals surface area contributed by atoms with E-state index in [1.165, 1.54) is 48.6 Å². The summed E-state index contributed by atoms with van der Waals surface area (Å²) in [4.78, 5) is 40.3. The molecule has 0 aliphatic heterocycles. The number of hydrogen-bond acceptors (Lipinski definition) is 5. The fraction of sp³-hybridized carbons (Fsp3) is 0.0800. The number of fused-ring (bicyclic) bond motifs is 1. The maximum absolute atomic E-state index is 13.4. The Kier molecular flexibility index (Phi) is 6.88. The number of thiophene rings is 1. The number of esters is 1. The van der Waals surface area contributed by atoms with Gasteiger partial charge in [0.2, 0.25) is 0 Å². The zero-order valence-corrected chi connectivity index (χ0v) is 20.4. The first-order chi connectivity index (χ1) is 16.3. The molecule has 0 saturated carbocycles. The summed E-state index contributed by atoms with van der Waals surface area (Å²) in [5, 5.41) is 4.42. The molecular weight excluding hydrogens is 495 g/mol. The van der Waals surface area contributed by atoms with Gasteiger partial charge < -0.3 is 15.0 Å². The summed E-state index contributed by atoms with van der Waals surface area (Å²) in [6.07, 6.45) is 0. The lowest BCUT2D eigenvalue weighted by molar-refractivity contribution is 0.0601. The number of ether oxygens (including phenoxy) is 1. The van der Waals surface area contributed by atoms with E-state index in [0.29, 0.717) is 20.6 Å². The smallest absolute Gasteiger partial charge is 0.339 e. The molecule has 0 bridgehead atoms. The van der Waals surface area contributed by atoms with Crippen LogP contribution in [0.4, 0.5) is 11.4 Å². The summed E-state index contributed by atoms with van der Waals surface area (Å²) in [6.45, 7) is 0. The average molecular weight is 513 g/mol. The molecule has 3 aromatic carbocycles. The van der Waals surface area contributed by atoms with Gasteiger partial charge in [-0.2, -0.15) is 0 Å². The number of halogens is 2. The zero-order valence-electron chi connectivity index (χ0n) is 18.1. The third-order valence-corrected chi connectivity index (χ3v) is 7.08. The van der Waals surface area contributed by atoms with Crippen LogP contribution in [0.25, 0.3) is 10.1 Å². The normalized spacial score (nSPS) is 10.7. The molecule has 0 spiro atoms. The molecule has 9 heteroatoms. The number of carbonyl (C=O) groups is 3. The third-order valence-electron chi connectivity index (χ3n) is 5.16. The largest absolute Gasteiger partial charge is 0.465 e. The summed E-state index contributed by atoms with van der Waals surface area (Å²) in [5.41, 5.74) is 1.15. The molecule has 6 nitrogen and oxygen atoms in total. The van der Waals surface area contributed by atoms with Crippen LogP contribution in [-0.2, 0) is 4.74 Å². The summed E-state index contributed by atoms with van der Waals surface area (Å²) in [7, 11) is 2.77. The Bertz CT molecular complexity index is 1420. The molecule has 0 unspecified atom stereocenters. The van der Waals surface area contributed by atoms with Crippen LogP contribution in [0.5, 0.6) is 0 Å². The predicted molar refractivity (Wildman–Crippen MR) is 137 cm³/mol. The Morgan fingerprint density at radius 3 is 2.35 bits per heavy atom. The number of methoxy groups -OCH3 is 1. The molecule has 34 heavy (non-hydrogen) atoms. The lowest BCUT2D eigenvalue weighted by atomic mass is 10.1. The van der Waals surface area contributed by atoms with Gasteiger partial charge in [-0.05, 0) is 48.5 Å². The minimum Gasteiger partial charge on any atom is -0.465 e. The van der Waals surface area contributed by atoms with Gasteiger partial charge in [0.25, 0.3) is 11.8 Å². The molecule has 0 aliphatic carbocycles. The summed E-state index contributed by atoms with van der Waals surface area (Å²) < 4.78 is 5.75. The highest BCUT2D eigenvalue weighted by Gasteiger charge is 2.26. The number of benzene rings is 3. The Hall–Kier alpha value is -3.39. The van der Waals surface area contributed by atoms with Crippen molar-refractivity contribution in [3.63, 3.8) is 0 Å². The van der Waals surface area contributed by atoms with E-state index in [0.717, 1.165) is 10.1 Å². The number of nitrogens with zero attached hydrogens (tertiary/aromatic N) is 1. The lowest BCUT2D eigenvalue weighted by Crippen LogP contribution is -2.28. The molecule has 4 rings (SSSR count). The number of hydrogen-bond donors (Lipinski definition) is 1. The number of carbonyl (C=O) groups excluding carboxylic acids is 3. The second-order valence-electron chi connectivity index (χ2n) is 7.29. The Balaban J connectivity index is 1.71. The van der Waals surface area contributed by atoms with Crippen molar-refractivity contribution < 1.29 is 19.1 Å². The third kappa shape index (κ3) is 4.63. The second-order valence-corrected chi connectivity index (χ2v) is 9.16. The van der Waals surface area contributed by atoms with E-state index in [-0.39, 0.29) is 16.8 Å². The monoisotopic (exact) mass is 512 g/mol. The van der Waals surface area contributed by atoms with Crippen molar-refractivity contribution in [2.45, 2.75) is 0 Å². The Morgan fingerprint density at radius 2 is 1.68 bits per heavy atom. The van der Waals surface area contributed by atoms with Crippen LogP contribution in [0.3, 0.4) is 0 Å². The van der Waals surface area contributed by atoms with Crippen molar-refractivity contribution in [1.29, 1.82) is 0 Å². The van der Waals surface area contributed by atoms with E-state index in [9.17, 15) is 14.4 Å². The Morgan fingerprint density at radius 1 is 0.971 bits per heavy atom. The van der Waals surface area contributed by atoms with Crippen molar-refractivity contribution >= 4 is 73.8 Å². The zero-order chi connectivity index (χ0) is 24.4. The number of amides is 2. The van der Waals surface area contributed by atoms with E-state index >= 15 is 0 Å². The van der Waals surface area contributed by atoms with Gasteiger partial charge in [-0.25, -0.2) is 4.79 Å². The number of anilines is 2.